The number of nitrogens with zero attached hydrogens (tertiary/aromatic N) is 5. The monoisotopic (exact) mass is 354 g/mol. The van der Waals surface area contributed by atoms with Crippen molar-refractivity contribution < 1.29 is 4.79 Å². The largest absolute Gasteiger partial charge is 0.341 e. The topological polar surface area (TPSA) is 93.0 Å². The van der Waals surface area contributed by atoms with Crippen LogP contribution in [0.25, 0.3) is 0 Å². The quantitative estimate of drug-likeness (QED) is 0.875. The van der Waals surface area contributed by atoms with Crippen molar-refractivity contribution >= 4 is 17.5 Å². The van der Waals surface area contributed by atoms with E-state index in [1.54, 1.807) is 12.4 Å². The van der Waals surface area contributed by atoms with E-state index in [-0.39, 0.29) is 18.0 Å². The third-order valence-electron chi connectivity index (χ3n) is 4.77. The van der Waals surface area contributed by atoms with Gasteiger partial charge in [-0.25, -0.2) is 15.0 Å². The molecule has 8 heteroatoms. The SMILES string of the molecule is O=C(Cn1cnc(C2CC2)cc1=O)Nc1cnc(N2CCCCC2)nc1. The van der Waals surface area contributed by atoms with Gasteiger partial charge in [0, 0.05) is 25.1 Å². The molecule has 0 spiro atoms. The highest BCUT2D eigenvalue weighted by molar-refractivity contribution is 5.90. The van der Waals surface area contributed by atoms with Gasteiger partial charge in [-0.15, -0.1) is 0 Å². The molecule has 2 aliphatic rings. The number of carbonyl (C=O) groups excluding carboxylic acids is 1. The van der Waals surface area contributed by atoms with Crippen LogP contribution < -0.4 is 15.8 Å². The first-order valence-corrected chi connectivity index (χ1v) is 9.12. The highest BCUT2D eigenvalue weighted by atomic mass is 16.2. The fourth-order valence-electron chi connectivity index (χ4n) is 3.16. The van der Waals surface area contributed by atoms with Gasteiger partial charge in [0.2, 0.25) is 11.9 Å². The predicted octanol–water partition coefficient (Wildman–Crippen LogP) is 1.54. The first kappa shape index (κ1) is 16.7. The molecule has 2 aromatic heterocycles. The molecule has 4 rings (SSSR count). The summed E-state index contributed by atoms with van der Waals surface area (Å²) in [6, 6.07) is 1.53. The zero-order valence-corrected chi connectivity index (χ0v) is 14.6. The standard InChI is InChI=1S/C18H22N6O2/c25-16(11-24-12-21-15(8-17(24)26)13-4-5-13)22-14-9-19-18(20-10-14)23-6-2-1-3-7-23/h8-10,12-13H,1-7,11H2,(H,22,25). The molecular formula is C18H22N6O2. The van der Waals surface area contributed by atoms with Crippen LogP contribution in [0, 0.1) is 0 Å². The molecule has 0 aromatic carbocycles. The maximum Gasteiger partial charge on any atom is 0.254 e. The van der Waals surface area contributed by atoms with Crippen molar-refractivity contribution in [3.05, 3.63) is 40.8 Å². The second-order valence-corrected chi connectivity index (χ2v) is 6.92. The van der Waals surface area contributed by atoms with E-state index in [1.165, 1.54) is 23.4 Å². The van der Waals surface area contributed by atoms with Gasteiger partial charge >= 0.3 is 0 Å². The molecule has 1 saturated heterocycles. The van der Waals surface area contributed by atoms with Crippen LogP contribution in [-0.4, -0.2) is 38.5 Å². The van der Waals surface area contributed by atoms with Crippen LogP contribution >= 0.6 is 0 Å². The van der Waals surface area contributed by atoms with Crippen molar-refractivity contribution in [3.8, 4) is 0 Å². The average molecular weight is 354 g/mol. The van der Waals surface area contributed by atoms with E-state index in [0.717, 1.165) is 44.5 Å². The van der Waals surface area contributed by atoms with Gasteiger partial charge in [-0.05, 0) is 32.1 Å². The molecule has 0 unspecified atom stereocenters. The van der Waals surface area contributed by atoms with E-state index < -0.39 is 0 Å². The third kappa shape index (κ3) is 3.89. The maximum atomic E-state index is 12.2. The molecule has 1 amide bonds. The lowest BCUT2D eigenvalue weighted by atomic mass is 10.1. The molecule has 26 heavy (non-hydrogen) atoms. The number of anilines is 2. The van der Waals surface area contributed by atoms with Crippen LogP contribution in [0.15, 0.2) is 29.6 Å². The van der Waals surface area contributed by atoms with Gasteiger partial charge in [0.15, 0.2) is 0 Å². The van der Waals surface area contributed by atoms with E-state index in [1.807, 2.05) is 0 Å². The lowest BCUT2D eigenvalue weighted by molar-refractivity contribution is -0.116. The van der Waals surface area contributed by atoms with Gasteiger partial charge in [0.25, 0.3) is 5.56 Å². The Labute approximate surface area is 151 Å². The van der Waals surface area contributed by atoms with Crippen molar-refractivity contribution in [2.75, 3.05) is 23.3 Å². The highest BCUT2D eigenvalue weighted by Crippen LogP contribution is 2.38. The lowest BCUT2D eigenvalue weighted by Gasteiger charge is -2.26. The van der Waals surface area contributed by atoms with Crippen molar-refractivity contribution in [3.63, 3.8) is 0 Å². The van der Waals surface area contributed by atoms with Crippen molar-refractivity contribution in [1.29, 1.82) is 0 Å². The average Bonchev–Trinajstić information content (AvgIpc) is 3.50. The summed E-state index contributed by atoms with van der Waals surface area (Å²) in [6.07, 6.45) is 10.4. The van der Waals surface area contributed by atoms with E-state index in [0.29, 0.717) is 17.6 Å². The van der Waals surface area contributed by atoms with E-state index in [4.69, 9.17) is 0 Å². The molecule has 136 valence electrons. The Hall–Kier alpha value is -2.77. The number of hydrogen-bond acceptors (Lipinski definition) is 6. The predicted molar refractivity (Wildman–Crippen MR) is 97.2 cm³/mol. The summed E-state index contributed by atoms with van der Waals surface area (Å²) in [5, 5.41) is 2.73. The summed E-state index contributed by atoms with van der Waals surface area (Å²) in [5.41, 5.74) is 1.15. The van der Waals surface area contributed by atoms with Crippen molar-refractivity contribution in [2.45, 2.75) is 44.6 Å². The normalized spacial score (nSPS) is 17.2. The molecule has 2 fully saturated rings. The molecule has 0 atom stereocenters. The number of hydrogen-bond donors (Lipinski definition) is 1. The minimum absolute atomic E-state index is 0.0787. The molecule has 1 saturated carbocycles. The van der Waals surface area contributed by atoms with Gasteiger partial charge in [0.05, 0.1) is 30.1 Å². The fraction of sp³-hybridized carbons (Fsp3) is 0.500. The zero-order chi connectivity index (χ0) is 17.9. The van der Waals surface area contributed by atoms with Gasteiger partial charge in [-0.2, -0.15) is 0 Å². The van der Waals surface area contributed by atoms with Crippen LogP contribution in [-0.2, 0) is 11.3 Å². The number of rotatable bonds is 5. The van der Waals surface area contributed by atoms with Crippen molar-refractivity contribution in [1.82, 2.24) is 19.5 Å². The van der Waals surface area contributed by atoms with Crippen molar-refractivity contribution in [2.24, 2.45) is 0 Å². The second kappa shape index (κ2) is 7.23. The van der Waals surface area contributed by atoms with Gasteiger partial charge < -0.3 is 10.2 Å². The summed E-state index contributed by atoms with van der Waals surface area (Å²) >= 11 is 0. The number of piperidine rings is 1. The molecule has 1 aliphatic carbocycles. The van der Waals surface area contributed by atoms with E-state index >= 15 is 0 Å². The van der Waals surface area contributed by atoms with Gasteiger partial charge in [0.1, 0.15) is 6.54 Å². The van der Waals surface area contributed by atoms with Crippen LogP contribution in [0.5, 0.6) is 0 Å². The minimum Gasteiger partial charge on any atom is -0.341 e. The number of aromatic nitrogens is 4. The first-order chi connectivity index (χ1) is 12.7. The number of amides is 1. The third-order valence-corrected chi connectivity index (χ3v) is 4.77. The lowest BCUT2D eigenvalue weighted by Crippen LogP contribution is -2.31. The molecule has 8 nitrogen and oxygen atoms in total. The Morgan fingerprint density at radius 3 is 2.50 bits per heavy atom. The molecule has 3 heterocycles. The number of nitrogens with one attached hydrogen (secondary N) is 1. The Kier molecular flexibility index (Phi) is 4.64. The summed E-state index contributed by atoms with van der Waals surface area (Å²) in [7, 11) is 0. The van der Waals surface area contributed by atoms with Crippen LogP contribution in [0.4, 0.5) is 11.6 Å². The zero-order valence-electron chi connectivity index (χ0n) is 14.6. The first-order valence-electron chi connectivity index (χ1n) is 9.12. The summed E-state index contributed by atoms with van der Waals surface area (Å²) in [4.78, 5) is 39.4. The molecular weight excluding hydrogens is 332 g/mol. The van der Waals surface area contributed by atoms with Crippen LogP contribution in [0.1, 0.15) is 43.7 Å². The second-order valence-electron chi connectivity index (χ2n) is 6.92. The van der Waals surface area contributed by atoms with E-state index in [9.17, 15) is 9.59 Å². The van der Waals surface area contributed by atoms with Gasteiger partial charge in [-0.1, -0.05) is 0 Å². The summed E-state index contributed by atoms with van der Waals surface area (Å²) < 4.78 is 1.31. The van der Waals surface area contributed by atoms with Gasteiger partial charge in [-0.3, -0.25) is 14.2 Å². The molecule has 0 bridgehead atoms. The van der Waals surface area contributed by atoms with Crippen LogP contribution in [0.2, 0.25) is 0 Å². The summed E-state index contributed by atoms with van der Waals surface area (Å²) in [5.74, 6) is 0.808. The van der Waals surface area contributed by atoms with Crippen LogP contribution in [0.3, 0.4) is 0 Å². The molecule has 0 radical (unpaired) electrons. The Balaban J connectivity index is 1.36. The highest BCUT2D eigenvalue weighted by Gasteiger charge is 2.25. The Morgan fingerprint density at radius 2 is 1.85 bits per heavy atom. The van der Waals surface area contributed by atoms with E-state index in [2.05, 4.69) is 25.2 Å². The Morgan fingerprint density at radius 1 is 1.12 bits per heavy atom. The molecule has 1 N–H and O–H groups in total. The minimum atomic E-state index is -0.303. The smallest absolute Gasteiger partial charge is 0.254 e. The fourth-order valence-corrected chi connectivity index (χ4v) is 3.16. The summed E-state index contributed by atoms with van der Waals surface area (Å²) in [6.45, 7) is 1.86. The maximum absolute atomic E-state index is 12.2. The molecule has 1 aliphatic heterocycles. The Bertz CT molecular complexity index is 838. The molecule has 2 aromatic rings. The number of carbonyl (C=O) groups is 1.